The van der Waals surface area contributed by atoms with Gasteiger partial charge in [0.05, 0.1) is 0 Å². The van der Waals surface area contributed by atoms with E-state index in [4.69, 9.17) is 0 Å². The van der Waals surface area contributed by atoms with Crippen molar-refractivity contribution in [2.45, 2.75) is 40.5 Å². The fourth-order valence-electron chi connectivity index (χ4n) is 1.97. The van der Waals surface area contributed by atoms with Crippen LogP contribution in [0.15, 0.2) is 110 Å². The van der Waals surface area contributed by atoms with Gasteiger partial charge in [-0.1, -0.05) is 102 Å². The molecule has 0 N–H and O–H groups in total. The number of rotatable bonds is 11. The van der Waals surface area contributed by atoms with E-state index in [1.807, 2.05) is 37.3 Å². The summed E-state index contributed by atoms with van der Waals surface area (Å²) in [6, 6.07) is 0. The van der Waals surface area contributed by atoms with Gasteiger partial charge >= 0.3 is 0 Å². The summed E-state index contributed by atoms with van der Waals surface area (Å²) < 4.78 is 0. The summed E-state index contributed by atoms with van der Waals surface area (Å²) in [6.45, 7) is 35.0. The Morgan fingerprint density at radius 1 is 0.667 bits per heavy atom. The standard InChI is InChI=1S/C24H34.C2H4.FH/c1-10-11-19(4)21(6)14-15-23(8)24(9)17-16-22(7)20(5)13-12-18(2)3;1-2;/h10-11,14-18,20H,4,6-9,12-13H2,1-3,5H3;1-2H2;1H/b11-10-,15-14-,17-16-;;. The van der Waals surface area contributed by atoms with Crippen LogP contribution >= 0.6 is 0 Å². The van der Waals surface area contributed by atoms with E-state index in [9.17, 15) is 0 Å². The van der Waals surface area contributed by atoms with Crippen molar-refractivity contribution in [1.82, 2.24) is 0 Å². The first kappa shape index (κ1) is 29.4. The largest absolute Gasteiger partial charge is 0.269 e. The van der Waals surface area contributed by atoms with E-state index < -0.39 is 0 Å². The number of allylic oxidation sites excluding steroid dienone is 11. The zero-order chi connectivity index (χ0) is 20.7. The van der Waals surface area contributed by atoms with Gasteiger partial charge in [-0.05, 0) is 47.5 Å². The Balaban J connectivity index is -0.00000185. The Morgan fingerprint density at radius 3 is 1.41 bits per heavy atom. The highest BCUT2D eigenvalue weighted by molar-refractivity contribution is 5.49. The van der Waals surface area contributed by atoms with Gasteiger partial charge in [-0.15, -0.1) is 13.2 Å². The van der Waals surface area contributed by atoms with Crippen molar-refractivity contribution in [3.05, 3.63) is 110 Å². The summed E-state index contributed by atoms with van der Waals surface area (Å²) >= 11 is 0. The minimum Gasteiger partial charge on any atom is -0.269 e. The van der Waals surface area contributed by atoms with Crippen LogP contribution in [-0.4, -0.2) is 0 Å². The lowest BCUT2D eigenvalue weighted by molar-refractivity contribution is 0.494. The monoisotopic (exact) mass is 370 g/mol. The Labute approximate surface area is 167 Å². The molecule has 1 unspecified atom stereocenters. The molecule has 0 fully saturated rings. The maximum atomic E-state index is 4.17. The maximum absolute atomic E-state index is 4.17. The van der Waals surface area contributed by atoms with Gasteiger partial charge < -0.3 is 0 Å². The van der Waals surface area contributed by atoms with Crippen LogP contribution in [0, 0.1) is 11.8 Å². The molecular formula is C26H39F. The van der Waals surface area contributed by atoms with Crippen molar-refractivity contribution < 1.29 is 4.70 Å². The predicted octanol–water partition coefficient (Wildman–Crippen LogP) is 8.48. The molecule has 0 amide bonds. The summed E-state index contributed by atoms with van der Waals surface area (Å²) in [6.07, 6.45) is 14.2. The average Bonchev–Trinajstić information content (AvgIpc) is 2.63. The molecule has 0 nitrogen and oxygen atoms in total. The van der Waals surface area contributed by atoms with Crippen LogP contribution in [-0.2, 0) is 0 Å². The van der Waals surface area contributed by atoms with E-state index >= 15 is 0 Å². The van der Waals surface area contributed by atoms with E-state index in [0.717, 1.165) is 33.8 Å². The van der Waals surface area contributed by atoms with Gasteiger partial charge in [0.15, 0.2) is 0 Å². The third-order valence-electron chi connectivity index (χ3n) is 3.99. The van der Waals surface area contributed by atoms with E-state index in [1.165, 1.54) is 12.8 Å². The molecule has 0 aliphatic heterocycles. The molecule has 0 saturated heterocycles. The molecule has 0 saturated carbocycles. The normalized spacial score (nSPS) is 11.7. The minimum absolute atomic E-state index is 0. The molecule has 1 heteroatoms. The molecule has 27 heavy (non-hydrogen) atoms. The fourth-order valence-corrected chi connectivity index (χ4v) is 1.97. The van der Waals surface area contributed by atoms with Gasteiger partial charge in [0.2, 0.25) is 0 Å². The van der Waals surface area contributed by atoms with Crippen molar-refractivity contribution in [3.8, 4) is 0 Å². The first-order chi connectivity index (χ1) is 12.2. The lowest BCUT2D eigenvalue weighted by Gasteiger charge is -2.13. The average molecular weight is 371 g/mol. The molecule has 0 radical (unpaired) electrons. The smallest absolute Gasteiger partial charge is 0.0196 e. The summed E-state index contributed by atoms with van der Waals surface area (Å²) in [5, 5.41) is 0. The van der Waals surface area contributed by atoms with Gasteiger partial charge in [-0.3, -0.25) is 4.70 Å². The Morgan fingerprint density at radius 2 is 1.04 bits per heavy atom. The van der Waals surface area contributed by atoms with Gasteiger partial charge in [0.25, 0.3) is 0 Å². The molecule has 0 bridgehead atoms. The number of hydrogen-bond donors (Lipinski definition) is 0. The molecule has 0 aromatic rings. The maximum Gasteiger partial charge on any atom is -0.0196 e. The van der Waals surface area contributed by atoms with Crippen molar-refractivity contribution >= 4 is 0 Å². The van der Waals surface area contributed by atoms with Gasteiger partial charge in [0, 0.05) is 0 Å². The van der Waals surface area contributed by atoms with E-state index in [2.05, 4.69) is 72.9 Å². The predicted molar refractivity (Wildman–Crippen MR) is 126 cm³/mol. The fraction of sp³-hybridized carbons (Fsp3) is 0.308. The second kappa shape index (κ2) is 17.0. The first-order valence-corrected chi connectivity index (χ1v) is 9.13. The molecular weight excluding hydrogens is 331 g/mol. The first-order valence-electron chi connectivity index (χ1n) is 9.13. The third-order valence-corrected chi connectivity index (χ3v) is 3.99. The Kier molecular flexibility index (Phi) is 18.5. The summed E-state index contributed by atoms with van der Waals surface area (Å²) in [7, 11) is 0. The molecule has 0 spiro atoms. The lowest BCUT2D eigenvalue weighted by Crippen LogP contribution is -1.99. The zero-order valence-corrected chi connectivity index (χ0v) is 17.9. The van der Waals surface area contributed by atoms with Crippen molar-refractivity contribution in [3.63, 3.8) is 0 Å². The molecule has 0 rings (SSSR count). The number of halogens is 1. The van der Waals surface area contributed by atoms with Crippen molar-refractivity contribution in [2.24, 2.45) is 11.8 Å². The second-order valence-corrected chi connectivity index (χ2v) is 6.71. The lowest BCUT2D eigenvalue weighted by atomic mass is 9.93. The van der Waals surface area contributed by atoms with E-state index in [1.54, 1.807) is 0 Å². The Bertz CT molecular complexity index is 594. The van der Waals surface area contributed by atoms with Gasteiger partial charge in [-0.2, -0.15) is 0 Å². The summed E-state index contributed by atoms with van der Waals surface area (Å²) in [5.41, 5.74) is 4.66. The second-order valence-electron chi connectivity index (χ2n) is 6.71. The topological polar surface area (TPSA) is 0 Å². The molecule has 0 aromatic carbocycles. The van der Waals surface area contributed by atoms with Crippen LogP contribution in [0.3, 0.4) is 0 Å². The van der Waals surface area contributed by atoms with Crippen LogP contribution in [0.5, 0.6) is 0 Å². The molecule has 0 heterocycles. The number of hydrogen-bond acceptors (Lipinski definition) is 0. The zero-order valence-electron chi connectivity index (χ0n) is 17.9. The molecule has 0 aliphatic carbocycles. The van der Waals surface area contributed by atoms with Crippen LogP contribution in [0.25, 0.3) is 0 Å². The minimum atomic E-state index is 0. The SMILES string of the molecule is C=C.C=C(/C=C\C)C(=C)/C=C\C(=C)C(=C)/C=C\C(=C)C(C)CCC(C)C.F. The molecule has 0 aromatic heterocycles. The highest BCUT2D eigenvalue weighted by Gasteiger charge is 2.05. The molecule has 0 aliphatic rings. The quantitative estimate of drug-likeness (QED) is 0.253. The third kappa shape index (κ3) is 14.4. The molecule has 150 valence electrons. The summed E-state index contributed by atoms with van der Waals surface area (Å²) in [4.78, 5) is 0. The van der Waals surface area contributed by atoms with Crippen molar-refractivity contribution in [2.75, 3.05) is 0 Å². The van der Waals surface area contributed by atoms with E-state index in [0.29, 0.717) is 5.92 Å². The highest BCUT2D eigenvalue weighted by atomic mass is 19.0. The van der Waals surface area contributed by atoms with Gasteiger partial charge in [-0.25, -0.2) is 0 Å². The van der Waals surface area contributed by atoms with Crippen LogP contribution < -0.4 is 0 Å². The van der Waals surface area contributed by atoms with Gasteiger partial charge in [0.1, 0.15) is 0 Å². The van der Waals surface area contributed by atoms with Crippen LogP contribution in [0.2, 0.25) is 0 Å². The van der Waals surface area contributed by atoms with Crippen LogP contribution in [0.1, 0.15) is 40.5 Å². The Hall–Kier alpha value is -2.41. The van der Waals surface area contributed by atoms with E-state index in [-0.39, 0.29) is 4.70 Å². The van der Waals surface area contributed by atoms with Crippen molar-refractivity contribution in [1.29, 1.82) is 0 Å². The van der Waals surface area contributed by atoms with Crippen LogP contribution in [0.4, 0.5) is 4.70 Å². The highest BCUT2D eigenvalue weighted by Crippen LogP contribution is 2.20. The summed E-state index contributed by atoms with van der Waals surface area (Å²) in [5.74, 6) is 1.22. The molecule has 1 atom stereocenters.